The Kier molecular flexibility index (Phi) is 13.2. The molecular formula is C16H27FIN3O. The van der Waals surface area contributed by atoms with E-state index in [-0.39, 0.29) is 29.8 Å². The van der Waals surface area contributed by atoms with Gasteiger partial charge in [-0.15, -0.1) is 24.0 Å². The monoisotopic (exact) mass is 423 g/mol. The molecule has 0 atom stereocenters. The van der Waals surface area contributed by atoms with Crippen molar-refractivity contribution in [1.82, 2.24) is 10.6 Å². The van der Waals surface area contributed by atoms with Crippen LogP contribution in [0.15, 0.2) is 29.3 Å². The smallest absolute Gasteiger partial charge is 0.191 e. The summed E-state index contributed by atoms with van der Waals surface area (Å²) in [5.74, 6) is 0.618. The van der Waals surface area contributed by atoms with Gasteiger partial charge in [-0.25, -0.2) is 4.39 Å². The van der Waals surface area contributed by atoms with E-state index in [1.165, 1.54) is 12.1 Å². The fourth-order valence-corrected chi connectivity index (χ4v) is 1.82. The van der Waals surface area contributed by atoms with E-state index < -0.39 is 0 Å². The molecular weight excluding hydrogens is 396 g/mol. The van der Waals surface area contributed by atoms with E-state index in [1.807, 2.05) is 26.0 Å². The molecule has 0 unspecified atom stereocenters. The minimum atomic E-state index is -0.198. The van der Waals surface area contributed by atoms with Crippen molar-refractivity contribution in [2.75, 3.05) is 32.8 Å². The Morgan fingerprint density at radius 3 is 2.55 bits per heavy atom. The van der Waals surface area contributed by atoms with Crippen molar-refractivity contribution in [3.8, 4) is 0 Å². The van der Waals surface area contributed by atoms with Crippen molar-refractivity contribution in [2.45, 2.75) is 26.7 Å². The summed E-state index contributed by atoms with van der Waals surface area (Å²) in [5, 5.41) is 6.49. The van der Waals surface area contributed by atoms with E-state index in [0.29, 0.717) is 0 Å². The number of nitrogens with zero attached hydrogens (tertiary/aromatic N) is 1. The van der Waals surface area contributed by atoms with Crippen LogP contribution in [0.4, 0.5) is 4.39 Å². The molecule has 1 rings (SSSR count). The third-order valence-electron chi connectivity index (χ3n) is 2.88. The van der Waals surface area contributed by atoms with Crippen LogP contribution in [0.5, 0.6) is 0 Å². The van der Waals surface area contributed by atoms with Gasteiger partial charge in [0, 0.05) is 32.8 Å². The van der Waals surface area contributed by atoms with Crippen molar-refractivity contribution < 1.29 is 9.13 Å². The van der Waals surface area contributed by atoms with Crippen molar-refractivity contribution in [3.05, 3.63) is 35.6 Å². The molecule has 0 amide bonds. The maximum atomic E-state index is 12.8. The van der Waals surface area contributed by atoms with Crippen molar-refractivity contribution in [3.63, 3.8) is 0 Å². The number of rotatable bonds is 9. The van der Waals surface area contributed by atoms with E-state index in [0.717, 1.165) is 57.2 Å². The molecule has 0 saturated heterocycles. The van der Waals surface area contributed by atoms with Gasteiger partial charge < -0.3 is 15.4 Å². The number of ether oxygens (including phenoxy) is 1. The molecule has 2 N–H and O–H groups in total. The number of benzene rings is 1. The molecule has 1 aromatic rings. The topological polar surface area (TPSA) is 45.7 Å². The second-order valence-electron chi connectivity index (χ2n) is 4.61. The molecule has 1 aromatic carbocycles. The Morgan fingerprint density at radius 1 is 1.18 bits per heavy atom. The molecule has 0 bridgehead atoms. The van der Waals surface area contributed by atoms with Gasteiger partial charge in [-0.2, -0.15) is 0 Å². The van der Waals surface area contributed by atoms with Gasteiger partial charge in [0.05, 0.1) is 0 Å². The second kappa shape index (κ2) is 13.8. The summed E-state index contributed by atoms with van der Waals surface area (Å²) in [5.41, 5.74) is 1.11. The lowest BCUT2D eigenvalue weighted by atomic mass is 10.1. The zero-order chi connectivity index (χ0) is 15.3. The fourth-order valence-electron chi connectivity index (χ4n) is 1.82. The molecule has 0 aliphatic rings. The minimum Gasteiger partial charge on any atom is -0.382 e. The molecule has 4 nitrogen and oxygen atoms in total. The summed E-state index contributed by atoms with van der Waals surface area (Å²) < 4.78 is 18.1. The molecule has 0 radical (unpaired) electrons. The van der Waals surface area contributed by atoms with Gasteiger partial charge in [-0.1, -0.05) is 12.1 Å². The highest BCUT2D eigenvalue weighted by molar-refractivity contribution is 14.0. The van der Waals surface area contributed by atoms with Gasteiger partial charge in [-0.05, 0) is 44.4 Å². The van der Waals surface area contributed by atoms with Gasteiger partial charge in [0.25, 0.3) is 0 Å². The Labute approximate surface area is 149 Å². The summed E-state index contributed by atoms with van der Waals surface area (Å²) in [6, 6.07) is 6.59. The average molecular weight is 423 g/mol. The summed E-state index contributed by atoms with van der Waals surface area (Å²) >= 11 is 0. The summed E-state index contributed by atoms with van der Waals surface area (Å²) in [6.07, 6.45) is 1.76. The van der Waals surface area contributed by atoms with Crippen LogP contribution in [0.2, 0.25) is 0 Å². The predicted molar refractivity (Wildman–Crippen MR) is 101 cm³/mol. The van der Waals surface area contributed by atoms with Crippen LogP contribution in [-0.2, 0) is 11.2 Å². The first-order chi connectivity index (χ1) is 10.3. The highest BCUT2D eigenvalue weighted by Gasteiger charge is 1.98. The summed E-state index contributed by atoms with van der Waals surface area (Å²) in [4.78, 5) is 4.49. The number of nitrogens with one attached hydrogen (secondary N) is 2. The molecule has 6 heteroatoms. The van der Waals surface area contributed by atoms with Gasteiger partial charge in [0.15, 0.2) is 5.96 Å². The lowest BCUT2D eigenvalue weighted by Crippen LogP contribution is -2.38. The van der Waals surface area contributed by atoms with E-state index in [1.54, 1.807) is 0 Å². The molecule has 0 aromatic heterocycles. The van der Waals surface area contributed by atoms with Gasteiger partial charge in [0.2, 0.25) is 0 Å². The minimum absolute atomic E-state index is 0. The summed E-state index contributed by atoms with van der Waals surface area (Å²) in [6.45, 7) is 7.86. The van der Waals surface area contributed by atoms with Crippen LogP contribution in [0.25, 0.3) is 0 Å². The standard InChI is InChI=1S/C16H26FN3O.HI/c1-3-18-16(19-11-5-13-21-4-2)20-12-10-14-6-8-15(17)9-7-14;/h6-9H,3-5,10-13H2,1-2H3,(H2,18,19,20);1H. The van der Waals surface area contributed by atoms with E-state index in [2.05, 4.69) is 15.6 Å². The molecule has 0 heterocycles. The highest BCUT2D eigenvalue weighted by Crippen LogP contribution is 2.02. The van der Waals surface area contributed by atoms with Crippen LogP contribution < -0.4 is 10.6 Å². The van der Waals surface area contributed by atoms with Crippen molar-refractivity contribution >= 4 is 29.9 Å². The molecule has 0 aliphatic heterocycles. The Morgan fingerprint density at radius 2 is 1.91 bits per heavy atom. The Balaban J connectivity index is 0.00000441. The van der Waals surface area contributed by atoms with Crippen LogP contribution in [0.1, 0.15) is 25.8 Å². The first-order valence-electron chi connectivity index (χ1n) is 7.60. The van der Waals surface area contributed by atoms with Crippen molar-refractivity contribution in [2.24, 2.45) is 4.99 Å². The molecule has 0 saturated carbocycles. The summed E-state index contributed by atoms with van der Waals surface area (Å²) in [7, 11) is 0. The number of guanidine groups is 1. The van der Waals surface area contributed by atoms with Crippen LogP contribution in [0, 0.1) is 5.82 Å². The third kappa shape index (κ3) is 9.94. The largest absolute Gasteiger partial charge is 0.382 e. The maximum absolute atomic E-state index is 12.8. The Hall–Kier alpha value is -0.890. The van der Waals surface area contributed by atoms with E-state index in [9.17, 15) is 4.39 Å². The number of halogens is 2. The molecule has 0 spiro atoms. The normalized spacial score (nSPS) is 11.0. The second-order valence-corrected chi connectivity index (χ2v) is 4.61. The van der Waals surface area contributed by atoms with E-state index in [4.69, 9.17) is 4.74 Å². The SMILES string of the molecule is CCNC(=NCCCOCC)NCCc1ccc(F)cc1.I. The molecule has 22 heavy (non-hydrogen) atoms. The number of aliphatic imine (C=N–C) groups is 1. The predicted octanol–water partition coefficient (Wildman–Crippen LogP) is 2.97. The molecule has 126 valence electrons. The van der Waals surface area contributed by atoms with Gasteiger partial charge in [-0.3, -0.25) is 4.99 Å². The first-order valence-corrected chi connectivity index (χ1v) is 7.60. The zero-order valence-electron chi connectivity index (χ0n) is 13.4. The number of hydrogen-bond acceptors (Lipinski definition) is 2. The van der Waals surface area contributed by atoms with Crippen LogP contribution in [0.3, 0.4) is 0 Å². The Bertz CT molecular complexity index is 412. The highest BCUT2D eigenvalue weighted by atomic mass is 127. The zero-order valence-corrected chi connectivity index (χ0v) is 15.7. The molecule has 0 fully saturated rings. The van der Waals surface area contributed by atoms with Crippen LogP contribution >= 0.6 is 24.0 Å². The lowest BCUT2D eigenvalue weighted by molar-refractivity contribution is 0.146. The number of hydrogen-bond donors (Lipinski definition) is 2. The maximum Gasteiger partial charge on any atom is 0.191 e. The van der Waals surface area contributed by atoms with Gasteiger partial charge >= 0.3 is 0 Å². The van der Waals surface area contributed by atoms with Gasteiger partial charge in [0.1, 0.15) is 5.82 Å². The van der Waals surface area contributed by atoms with Crippen molar-refractivity contribution in [1.29, 1.82) is 0 Å². The van der Waals surface area contributed by atoms with E-state index >= 15 is 0 Å². The average Bonchev–Trinajstić information content (AvgIpc) is 2.49. The third-order valence-corrected chi connectivity index (χ3v) is 2.88. The fraction of sp³-hybridized carbons (Fsp3) is 0.562. The lowest BCUT2D eigenvalue weighted by Gasteiger charge is -2.11. The molecule has 0 aliphatic carbocycles. The first kappa shape index (κ1) is 21.1. The quantitative estimate of drug-likeness (QED) is 0.278. The van der Waals surface area contributed by atoms with Crippen LogP contribution in [-0.4, -0.2) is 38.8 Å².